The summed E-state index contributed by atoms with van der Waals surface area (Å²) in [5.41, 5.74) is 1.39. The molecule has 0 aliphatic carbocycles. The van der Waals surface area contributed by atoms with Gasteiger partial charge in [-0.15, -0.1) is 0 Å². The van der Waals surface area contributed by atoms with Crippen LogP contribution in [0.1, 0.15) is 5.56 Å². The van der Waals surface area contributed by atoms with E-state index < -0.39 is 0 Å². The molecule has 1 aromatic carbocycles. The van der Waals surface area contributed by atoms with E-state index >= 15 is 0 Å². The van der Waals surface area contributed by atoms with Crippen LogP contribution < -0.4 is 10.2 Å². The van der Waals surface area contributed by atoms with E-state index in [2.05, 4.69) is 56.4 Å². The molecule has 94 valence electrons. The number of anilines is 1. The minimum absolute atomic E-state index is 0.503. The first-order valence-corrected chi connectivity index (χ1v) is 7.19. The highest BCUT2D eigenvalue weighted by Crippen LogP contribution is 2.19. The molecule has 0 amide bonds. The second kappa shape index (κ2) is 5.50. The fraction of sp³-hybridized carbons (Fsp3) is 0.357. The maximum absolute atomic E-state index is 4.47. The molecule has 18 heavy (non-hydrogen) atoms. The van der Waals surface area contributed by atoms with Crippen molar-refractivity contribution in [3.63, 3.8) is 0 Å². The van der Waals surface area contributed by atoms with Crippen molar-refractivity contribution in [1.82, 2.24) is 9.69 Å². The Kier molecular flexibility index (Phi) is 3.57. The molecule has 1 N–H and O–H groups in total. The van der Waals surface area contributed by atoms with Gasteiger partial charge in [0.15, 0.2) is 0 Å². The molecule has 1 unspecified atom stereocenters. The summed E-state index contributed by atoms with van der Waals surface area (Å²) in [6.07, 6.45) is 1.07. The third-order valence-corrected chi connectivity index (χ3v) is 3.93. The van der Waals surface area contributed by atoms with Crippen LogP contribution in [0.3, 0.4) is 0 Å². The summed E-state index contributed by atoms with van der Waals surface area (Å²) < 4.78 is 4.47. The highest BCUT2D eigenvalue weighted by Gasteiger charge is 2.23. The number of nitrogens with zero attached hydrogens (tertiary/aromatic N) is 2. The molecule has 4 heteroatoms. The molecule has 1 saturated heterocycles. The summed E-state index contributed by atoms with van der Waals surface area (Å²) in [5, 5.41) is 5.53. The Morgan fingerprint density at radius 2 is 2.17 bits per heavy atom. The maximum atomic E-state index is 4.47. The molecular weight excluding hydrogens is 242 g/mol. The van der Waals surface area contributed by atoms with E-state index in [1.54, 1.807) is 0 Å². The molecule has 1 atom stereocenters. The van der Waals surface area contributed by atoms with E-state index in [9.17, 15) is 0 Å². The Labute approximate surface area is 112 Å². The molecule has 2 aromatic rings. The SMILES string of the molecule is c1ccc(CC2CNCCN2c2ccsn2)cc1. The van der Waals surface area contributed by atoms with Crippen LogP contribution in [0.5, 0.6) is 0 Å². The van der Waals surface area contributed by atoms with E-state index in [1.807, 2.05) is 0 Å². The number of piperazine rings is 1. The van der Waals surface area contributed by atoms with Gasteiger partial charge in [-0.2, -0.15) is 4.37 Å². The van der Waals surface area contributed by atoms with Gasteiger partial charge in [0, 0.05) is 31.1 Å². The van der Waals surface area contributed by atoms with Gasteiger partial charge in [-0.1, -0.05) is 30.3 Å². The number of benzene rings is 1. The summed E-state index contributed by atoms with van der Waals surface area (Å²) in [6.45, 7) is 3.12. The van der Waals surface area contributed by atoms with E-state index in [0.717, 1.165) is 31.9 Å². The minimum Gasteiger partial charge on any atom is -0.350 e. The Morgan fingerprint density at radius 1 is 1.28 bits per heavy atom. The standard InChI is InChI=1S/C14H17N3S/c1-2-4-12(5-3-1)10-13-11-15-7-8-17(13)14-6-9-18-16-14/h1-6,9,13,15H,7-8,10-11H2. The van der Waals surface area contributed by atoms with Gasteiger partial charge in [0.25, 0.3) is 0 Å². The molecule has 0 bridgehead atoms. The van der Waals surface area contributed by atoms with Crippen LogP contribution in [0.2, 0.25) is 0 Å². The zero-order chi connectivity index (χ0) is 12.2. The number of rotatable bonds is 3. The first-order valence-electron chi connectivity index (χ1n) is 6.35. The molecule has 2 heterocycles. The van der Waals surface area contributed by atoms with Gasteiger partial charge in [-0.05, 0) is 29.6 Å². The quantitative estimate of drug-likeness (QED) is 0.915. The number of hydrogen-bond acceptors (Lipinski definition) is 4. The van der Waals surface area contributed by atoms with Crippen molar-refractivity contribution in [1.29, 1.82) is 0 Å². The third-order valence-electron chi connectivity index (χ3n) is 3.38. The van der Waals surface area contributed by atoms with Crippen LogP contribution in [0, 0.1) is 0 Å². The lowest BCUT2D eigenvalue weighted by atomic mass is 10.0. The van der Waals surface area contributed by atoms with Crippen molar-refractivity contribution < 1.29 is 0 Å². The summed E-state index contributed by atoms with van der Waals surface area (Å²) >= 11 is 1.53. The first-order chi connectivity index (χ1) is 8.93. The molecular formula is C14H17N3S. The van der Waals surface area contributed by atoms with Gasteiger partial charge in [0.1, 0.15) is 5.82 Å². The van der Waals surface area contributed by atoms with Crippen LogP contribution in [0.4, 0.5) is 5.82 Å². The summed E-state index contributed by atoms with van der Waals surface area (Å²) in [6, 6.07) is 13.3. The van der Waals surface area contributed by atoms with Crippen LogP contribution >= 0.6 is 11.5 Å². The normalized spacial score (nSPS) is 20.0. The van der Waals surface area contributed by atoms with Crippen molar-refractivity contribution in [2.45, 2.75) is 12.5 Å². The molecule has 0 saturated carbocycles. The Bertz CT molecular complexity index is 469. The zero-order valence-electron chi connectivity index (χ0n) is 10.2. The fourth-order valence-corrected chi connectivity index (χ4v) is 3.00. The summed E-state index contributed by atoms with van der Waals surface area (Å²) in [4.78, 5) is 2.43. The van der Waals surface area contributed by atoms with Crippen molar-refractivity contribution >= 4 is 17.4 Å². The second-order valence-corrected chi connectivity index (χ2v) is 5.26. The predicted molar refractivity (Wildman–Crippen MR) is 76.3 cm³/mol. The van der Waals surface area contributed by atoms with Crippen molar-refractivity contribution in [3.8, 4) is 0 Å². The van der Waals surface area contributed by atoms with Crippen molar-refractivity contribution in [3.05, 3.63) is 47.3 Å². The molecule has 0 spiro atoms. The lowest BCUT2D eigenvalue weighted by molar-refractivity contribution is 0.471. The number of aromatic nitrogens is 1. The van der Waals surface area contributed by atoms with E-state index in [4.69, 9.17) is 0 Å². The van der Waals surface area contributed by atoms with Gasteiger partial charge in [0.2, 0.25) is 0 Å². The second-order valence-electron chi connectivity index (χ2n) is 4.60. The van der Waals surface area contributed by atoms with Gasteiger partial charge >= 0.3 is 0 Å². The monoisotopic (exact) mass is 259 g/mol. The first kappa shape index (κ1) is 11.7. The third kappa shape index (κ3) is 2.54. The number of hydrogen-bond donors (Lipinski definition) is 1. The lowest BCUT2D eigenvalue weighted by Crippen LogP contribution is -2.52. The van der Waals surface area contributed by atoms with Gasteiger partial charge in [-0.3, -0.25) is 0 Å². The highest BCUT2D eigenvalue weighted by molar-refractivity contribution is 7.03. The van der Waals surface area contributed by atoms with Crippen LogP contribution in [0.25, 0.3) is 0 Å². The van der Waals surface area contributed by atoms with Crippen molar-refractivity contribution in [2.24, 2.45) is 0 Å². The molecule has 1 aliphatic heterocycles. The van der Waals surface area contributed by atoms with E-state index in [1.165, 1.54) is 17.1 Å². The Balaban J connectivity index is 1.76. The predicted octanol–water partition coefficient (Wildman–Crippen LogP) is 2.16. The maximum Gasteiger partial charge on any atom is 0.142 e. The molecule has 3 nitrogen and oxygen atoms in total. The van der Waals surface area contributed by atoms with Gasteiger partial charge in [0.05, 0.1) is 0 Å². The van der Waals surface area contributed by atoms with Crippen LogP contribution in [0.15, 0.2) is 41.8 Å². The molecule has 3 rings (SSSR count). The molecule has 1 aliphatic rings. The minimum atomic E-state index is 0.503. The summed E-state index contributed by atoms with van der Waals surface area (Å²) in [7, 11) is 0. The molecule has 1 aromatic heterocycles. The fourth-order valence-electron chi connectivity index (χ4n) is 2.49. The van der Waals surface area contributed by atoms with Gasteiger partial charge in [-0.25, -0.2) is 0 Å². The summed E-state index contributed by atoms with van der Waals surface area (Å²) in [5.74, 6) is 1.13. The zero-order valence-corrected chi connectivity index (χ0v) is 11.1. The largest absolute Gasteiger partial charge is 0.350 e. The van der Waals surface area contributed by atoms with Gasteiger partial charge < -0.3 is 10.2 Å². The molecule has 1 fully saturated rings. The average molecular weight is 259 g/mol. The van der Waals surface area contributed by atoms with E-state index in [-0.39, 0.29) is 0 Å². The number of nitrogens with one attached hydrogen (secondary N) is 1. The van der Waals surface area contributed by atoms with E-state index in [0.29, 0.717) is 6.04 Å². The van der Waals surface area contributed by atoms with Crippen LogP contribution in [-0.2, 0) is 6.42 Å². The Hall–Kier alpha value is -1.39. The van der Waals surface area contributed by atoms with Crippen molar-refractivity contribution in [2.75, 3.05) is 24.5 Å². The Morgan fingerprint density at radius 3 is 2.94 bits per heavy atom. The average Bonchev–Trinajstić information content (AvgIpc) is 2.94. The lowest BCUT2D eigenvalue weighted by Gasteiger charge is -2.36. The molecule has 0 radical (unpaired) electrons. The van der Waals surface area contributed by atoms with Crippen LogP contribution in [-0.4, -0.2) is 30.0 Å². The topological polar surface area (TPSA) is 28.2 Å². The highest BCUT2D eigenvalue weighted by atomic mass is 32.1. The smallest absolute Gasteiger partial charge is 0.142 e.